The molecule has 0 N–H and O–H groups in total. The standard InChI is InChI=1S/C12H13ClN2O2S2/c1-8(19(2,16)17)11-14-15-12(18-11)10(13)9-6-4-3-5-7-9/h3-8,10H,1-2H3. The van der Waals surface area contributed by atoms with Crippen molar-refractivity contribution >= 4 is 32.8 Å². The van der Waals surface area contributed by atoms with Crippen molar-refractivity contribution in [2.24, 2.45) is 0 Å². The molecule has 7 heteroatoms. The molecule has 0 aliphatic rings. The monoisotopic (exact) mass is 316 g/mol. The molecule has 0 amide bonds. The molecular formula is C12H13ClN2O2S2. The van der Waals surface area contributed by atoms with E-state index in [-0.39, 0.29) is 0 Å². The van der Waals surface area contributed by atoms with Crippen molar-refractivity contribution in [3.05, 3.63) is 45.9 Å². The molecule has 1 aromatic heterocycles. The van der Waals surface area contributed by atoms with Crippen molar-refractivity contribution in [3.63, 3.8) is 0 Å². The van der Waals surface area contributed by atoms with Crippen LogP contribution in [0.25, 0.3) is 0 Å². The first-order valence-corrected chi connectivity index (χ1v) is 8.81. The molecule has 0 radical (unpaired) electrons. The summed E-state index contributed by atoms with van der Waals surface area (Å²) in [4.78, 5) is 0. The van der Waals surface area contributed by atoms with E-state index in [1.54, 1.807) is 6.92 Å². The summed E-state index contributed by atoms with van der Waals surface area (Å²) in [6.07, 6.45) is 1.19. The van der Waals surface area contributed by atoms with E-state index in [1.807, 2.05) is 30.3 Å². The zero-order chi connectivity index (χ0) is 14.0. The lowest BCUT2D eigenvalue weighted by molar-refractivity contribution is 0.591. The second kappa shape index (κ2) is 5.56. The Morgan fingerprint density at radius 1 is 1.16 bits per heavy atom. The lowest BCUT2D eigenvalue weighted by Gasteiger charge is -2.05. The Bertz CT molecular complexity index is 655. The minimum absolute atomic E-state index is 0.404. The first-order valence-electron chi connectivity index (χ1n) is 5.61. The van der Waals surface area contributed by atoms with E-state index in [0.29, 0.717) is 10.0 Å². The van der Waals surface area contributed by atoms with Crippen LogP contribution in [-0.2, 0) is 9.84 Å². The third kappa shape index (κ3) is 3.32. The Balaban J connectivity index is 2.27. The quantitative estimate of drug-likeness (QED) is 0.814. The average molecular weight is 317 g/mol. The van der Waals surface area contributed by atoms with E-state index < -0.39 is 20.5 Å². The molecule has 102 valence electrons. The number of hydrogen-bond donors (Lipinski definition) is 0. The zero-order valence-corrected chi connectivity index (χ0v) is 12.8. The second-order valence-electron chi connectivity index (χ2n) is 4.22. The van der Waals surface area contributed by atoms with Crippen LogP contribution in [-0.4, -0.2) is 24.9 Å². The molecule has 1 heterocycles. The second-order valence-corrected chi connectivity index (χ2v) is 8.07. The van der Waals surface area contributed by atoms with Crippen molar-refractivity contribution < 1.29 is 8.42 Å². The summed E-state index contributed by atoms with van der Waals surface area (Å²) in [6.45, 7) is 1.60. The summed E-state index contributed by atoms with van der Waals surface area (Å²) < 4.78 is 23.0. The minimum Gasteiger partial charge on any atom is -0.228 e. The lowest BCUT2D eigenvalue weighted by atomic mass is 10.1. The van der Waals surface area contributed by atoms with E-state index in [4.69, 9.17) is 11.6 Å². The summed E-state index contributed by atoms with van der Waals surface area (Å²) in [5.41, 5.74) is 0.916. The van der Waals surface area contributed by atoms with Crippen molar-refractivity contribution in [1.82, 2.24) is 10.2 Å². The van der Waals surface area contributed by atoms with Gasteiger partial charge in [-0.3, -0.25) is 0 Å². The van der Waals surface area contributed by atoms with Gasteiger partial charge < -0.3 is 0 Å². The van der Waals surface area contributed by atoms with Crippen LogP contribution in [0.1, 0.15) is 33.1 Å². The highest BCUT2D eigenvalue weighted by molar-refractivity contribution is 7.91. The van der Waals surface area contributed by atoms with Gasteiger partial charge in [0.05, 0.1) is 0 Å². The number of aromatic nitrogens is 2. The van der Waals surface area contributed by atoms with E-state index in [0.717, 1.165) is 5.56 Å². The molecule has 0 aliphatic carbocycles. The molecule has 0 saturated heterocycles. The van der Waals surface area contributed by atoms with Crippen LogP contribution in [0.2, 0.25) is 0 Å². The molecular weight excluding hydrogens is 304 g/mol. The third-order valence-electron chi connectivity index (χ3n) is 2.76. The number of benzene rings is 1. The van der Waals surface area contributed by atoms with Crippen LogP contribution in [0.15, 0.2) is 30.3 Å². The summed E-state index contributed by atoms with van der Waals surface area (Å²) >= 11 is 7.56. The normalized spacial score (nSPS) is 15.1. The molecule has 0 bridgehead atoms. The molecule has 4 nitrogen and oxygen atoms in total. The average Bonchev–Trinajstić information content (AvgIpc) is 2.86. The van der Waals surface area contributed by atoms with Gasteiger partial charge in [0, 0.05) is 6.26 Å². The maximum atomic E-state index is 11.5. The van der Waals surface area contributed by atoms with Gasteiger partial charge in [0.15, 0.2) is 9.84 Å². The molecule has 0 spiro atoms. The lowest BCUT2D eigenvalue weighted by Crippen LogP contribution is -2.07. The van der Waals surface area contributed by atoms with Gasteiger partial charge in [-0.15, -0.1) is 21.8 Å². The van der Waals surface area contributed by atoms with Gasteiger partial charge in [0.2, 0.25) is 0 Å². The number of hydrogen-bond acceptors (Lipinski definition) is 5. The minimum atomic E-state index is -3.17. The highest BCUT2D eigenvalue weighted by Crippen LogP contribution is 2.33. The summed E-state index contributed by atoms with van der Waals surface area (Å²) in [6, 6.07) is 9.50. The largest absolute Gasteiger partial charge is 0.228 e. The summed E-state index contributed by atoms with van der Waals surface area (Å²) in [7, 11) is -3.17. The first-order chi connectivity index (χ1) is 8.89. The van der Waals surface area contributed by atoms with Gasteiger partial charge in [-0.25, -0.2) is 8.42 Å². The van der Waals surface area contributed by atoms with Gasteiger partial charge in [0.25, 0.3) is 0 Å². The van der Waals surface area contributed by atoms with Gasteiger partial charge >= 0.3 is 0 Å². The first kappa shape index (κ1) is 14.4. The maximum Gasteiger partial charge on any atom is 0.156 e. The summed E-state index contributed by atoms with van der Waals surface area (Å²) in [5.74, 6) is 0. The van der Waals surface area contributed by atoms with Crippen LogP contribution in [0, 0.1) is 0 Å². The van der Waals surface area contributed by atoms with E-state index >= 15 is 0 Å². The van der Waals surface area contributed by atoms with Crippen LogP contribution in [0.3, 0.4) is 0 Å². The van der Waals surface area contributed by atoms with Crippen molar-refractivity contribution in [2.45, 2.75) is 17.6 Å². The molecule has 0 fully saturated rings. The van der Waals surface area contributed by atoms with Gasteiger partial charge in [-0.05, 0) is 12.5 Å². The van der Waals surface area contributed by atoms with E-state index in [1.165, 1.54) is 17.6 Å². The molecule has 2 atom stereocenters. The van der Waals surface area contributed by atoms with Crippen LogP contribution < -0.4 is 0 Å². The Labute approximate surface area is 121 Å². The van der Waals surface area contributed by atoms with Crippen molar-refractivity contribution in [1.29, 1.82) is 0 Å². The number of halogens is 1. The Morgan fingerprint density at radius 2 is 1.74 bits per heavy atom. The molecule has 0 saturated carbocycles. The SMILES string of the molecule is CC(c1nnc(C(Cl)c2ccccc2)s1)S(C)(=O)=O. The molecule has 19 heavy (non-hydrogen) atoms. The van der Waals surface area contributed by atoms with Crippen molar-refractivity contribution in [2.75, 3.05) is 6.26 Å². The van der Waals surface area contributed by atoms with Gasteiger partial charge in [0.1, 0.15) is 20.6 Å². The Hall–Kier alpha value is -0.980. The fraction of sp³-hybridized carbons (Fsp3) is 0.333. The van der Waals surface area contributed by atoms with Crippen molar-refractivity contribution in [3.8, 4) is 0 Å². The highest BCUT2D eigenvalue weighted by atomic mass is 35.5. The number of rotatable bonds is 4. The third-order valence-corrected chi connectivity index (χ3v) is 6.17. The van der Waals surface area contributed by atoms with Gasteiger partial charge in [-0.2, -0.15) is 0 Å². The smallest absolute Gasteiger partial charge is 0.156 e. The molecule has 2 rings (SSSR count). The maximum absolute atomic E-state index is 11.5. The Kier molecular flexibility index (Phi) is 4.23. The van der Waals surface area contributed by atoms with Crippen LogP contribution >= 0.6 is 22.9 Å². The fourth-order valence-corrected chi connectivity index (χ4v) is 3.65. The molecule has 2 unspecified atom stereocenters. The van der Waals surface area contributed by atoms with E-state index in [9.17, 15) is 8.42 Å². The van der Waals surface area contributed by atoms with Crippen LogP contribution in [0.4, 0.5) is 0 Å². The molecule has 1 aromatic carbocycles. The Morgan fingerprint density at radius 3 is 2.32 bits per heavy atom. The van der Waals surface area contributed by atoms with E-state index in [2.05, 4.69) is 10.2 Å². The fourth-order valence-electron chi connectivity index (χ4n) is 1.46. The highest BCUT2D eigenvalue weighted by Gasteiger charge is 2.24. The topological polar surface area (TPSA) is 59.9 Å². The predicted molar refractivity (Wildman–Crippen MR) is 77.3 cm³/mol. The number of sulfone groups is 1. The number of nitrogens with zero attached hydrogens (tertiary/aromatic N) is 2. The van der Waals surface area contributed by atoms with Gasteiger partial charge in [-0.1, -0.05) is 41.7 Å². The van der Waals surface area contributed by atoms with Crippen LogP contribution in [0.5, 0.6) is 0 Å². The predicted octanol–water partition coefficient (Wildman–Crippen LogP) is 2.97. The summed E-state index contributed by atoms with van der Waals surface area (Å²) in [5, 5.41) is 7.96. The molecule has 2 aromatic rings. The number of alkyl halides is 1. The molecule has 0 aliphatic heterocycles. The zero-order valence-electron chi connectivity index (χ0n) is 10.4.